The molecule has 184 valence electrons. The summed E-state index contributed by atoms with van der Waals surface area (Å²) in [6.07, 6.45) is -1.13. The molecule has 3 aliphatic rings. The zero-order chi connectivity index (χ0) is 26.1. The molecule has 0 radical (unpaired) electrons. The second-order valence-corrected chi connectivity index (χ2v) is 9.27. The van der Waals surface area contributed by atoms with E-state index >= 15 is 0 Å². The third kappa shape index (κ3) is 3.14. The number of nitrogens with zero attached hydrogens (tertiary/aromatic N) is 1. The van der Waals surface area contributed by atoms with Crippen molar-refractivity contribution in [2.75, 3.05) is 10.2 Å². The molecule has 2 saturated heterocycles. The lowest BCUT2D eigenvalue weighted by atomic mass is 9.77. The van der Waals surface area contributed by atoms with E-state index in [1.165, 1.54) is 67.6 Å². The summed E-state index contributed by atoms with van der Waals surface area (Å²) in [4.78, 5) is 67.4. The molecule has 3 atom stereocenters. The molecule has 0 unspecified atom stereocenters. The Morgan fingerprint density at radius 3 is 2.03 bits per heavy atom. The largest absolute Gasteiger partial charge is 0.349 e. The lowest BCUT2D eigenvalue weighted by Gasteiger charge is -2.27. The number of ketones is 2. The Labute approximate surface area is 210 Å². The highest BCUT2D eigenvalue weighted by Gasteiger charge is 2.74. The van der Waals surface area contributed by atoms with Crippen LogP contribution in [-0.2, 0) is 19.1 Å². The van der Waals surface area contributed by atoms with Gasteiger partial charge in [-0.25, -0.2) is 9.29 Å². The number of ether oxygens (including phenoxy) is 1. The molecule has 3 amide bonds. The van der Waals surface area contributed by atoms with E-state index in [0.29, 0.717) is 11.3 Å². The van der Waals surface area contributed by atoms with E-state index in [-0.39, 0.29) is 22.7 Å². The van der Waals surface area contributed by atoms with E-state index in [0.717, 1.165) is 4.90 Å². The smallest absolute Gasteiger partial charge is 0.241 e. The fraction of sp³-hybridized carbons (Fsp3) is 0.179. The second kappa shape index (κ2) is 8.01. The molecule has 3 aromatic carbocycles. The van der Waals surface area contributed by atoms with Gasteiger partial charge in [-0.15, -0.1) is 0 Å². The highest BCUT2D eigenvalue weighted by Crippen LogP contribution is 2.57. The lowest BCUT2D eigenvalue weighted by Crippen LogP contribution is -2.51. The van der Waals surface area contributed by atoms with E-state index in [2.05, 4.69) is 5.32 Å². The second-order valence-electron chi connectivity index (χ2n) is 9.27. The maximum absolute atomic E-state index is 13.9. The van der Waals surface area contributed by atoms with E-state index in [4.69, 9.17) is 4.74 Å². The van der Waals surface area contributed by atoms with Crippen LogP contribution in [0.4, 0.5) is 15.8 Å². The number of carbonyl (C=O) groups is 5. The number of hydrogen-bond acceptors (Lipinski definition) is 6. The van der Waals surface area contributed by atoms with Gasteiger partial charge in [0.2, 0.25) is 34.9 Å². The van der Waals surface area contributed by atoms with Gasteiger partial charge in [-0.1, -0.05) is 36.4 Å². The predicted octanol–water partition coefficient (Wildman–Crippen LogP) is 3.48. The first-order valence-corrected chi connectivity index (χ1v) is 11.6. The van der Waals surface area contributed by atoms with Crippen molar-refractivity contribution < 1.29 is 33.1 Å². The van der Waals surface area contributed by atoms with Crippen molar-refractivity contribution in [3.63, 3.8) is 0 Å². The van der Waals surface area contributed by atoms with Crippen LogP contribution in [0.3, 0.4) is 0 Å². The van der Waals surface area contributed by atoms with Crippen LogP contribution in [0.25, 0.3) is 0 Å². The maximum atomic E-state index is 13.9. The van der Waals surface area contributed by atoms with Gasteiger partial charge in [-0.3, -0.25) is 24.0 Å². The first kappa shape index (κ1) is 22.9. The van der Waals surface area contributed by atoms with E-state index in [1.807, 2.05) is 0 Å². The molecule has 3 aromatic rings. The molecular formula is C28H19FN2O6. The summed E-state index contributed by atoms with van der Waals surface area (Å²) < 4.78 is 19.8. The van der Waals surface area contributed by atoms with Gasteiger partial charge in [0.05, 0.1) is 23.6 Å². The Balaban J connectivity index is 1.48. The summed E-state index contributed by atoms with van der Waals surface area (Å²) in [6.45, 7) is 1.35. The van der Waals surface area contributed by atoms with E-state index in [1.54, 1.807) is 12.1 Å². The Morgan fingerprint density at radius 2 is 1.46 bits per heavy atom. The normalized spacial score (nSPS) is 23.5. The van der Waals surface area contributed by atoms with Crippen LogP contribution in [0.1, 0.15) is 39.3 Å². The summed E-state index contributed by atoms with van der Waals surface area (Å²) in [5.74, 6) is -6.09. The number of halogens is 1. The lowest BCUT2D eigenvalue weighted by molar-refractivity contribution is -0.127. The molecule has 9 heteroatoms. The third-order valence-electron chi connectivity index (χ3n) is 7.16. The van der Waals surface area contributed by atoms with Gasteiger partial charge in [0.1, 0.15) is 5.82 Å². The van der Waals surface area contributed by atoms with Crippen LogP contribution in [0, 0.1) is 17.7 Å². The van der Waals surface area contributed by atoms with Crippen molar-refractivity contribution in [3.05, 3.63) is 95.3 Å². The number of rotatable bonds is 3. The van der Waals surface area contributed by atoms with Crippen molar-refractivity contribution in [3.8, 4) is 0 Å². The first-order chi connectivity index (χ1) is 17.7. The predicted molar refractivity (Wildman–Crippen MR) is 128 cm³/mol. The number of fused-ring (bicyclic) bond motifs is 3. The average molecular weight is 498 g/mol. The van der Waals surface area contributed by atoms with Crippen LogP contribution < -0.4 is 10.2 Å². The van der Waals surface area contributed by atoms with Gasteiger partial charge in [0, 0.05) is 23.7 Å². The number of anilines is 2. The zero-order valence-corrected chi connectivity index (χ0v) is 19.4. The fourth-order valence-corrected chi connectivity index (χ4v) is 5.62. The van der Waals surface area contributed by atoms with Gasteiger partial charge in [0.15, 0.2) is 0 Å². The SMILES string of the molecule is CC(=O)Nc1ccc(N2C(=O)[C@@H]3[C@@H](c4ccc(F)cc4)OC4(C(=O)c5ccccc5C4=O)[C@H]3C2=O)cc1. The minimum Gasteiger partial charge on any atom is -0.349 e. The zero-order valence-electron chi connectivity index (χ0n) is 19.4. The summed E-state index contributed by atoms with van der Waals surface area (Å²) >= 11 is 0. The minimum absolute atomic E-state index is 0.129. The molecule has 8 nitrogen and oxygen atoms in total. The Hall–Kier alpha value is -4.50. The quantitative estimate of drug-likeness (QED) is 0.438. The van der Waals surface area contributed by atoms with Gasteiger partial charge in [-0.05, 0) is 42.0 Å². The van der Waals surface area contributed by atoms with Crippen molar-refractivity contribution >= 4 is 40.7 Å². The molecule has 2 heterocycles. The number of benzene rings is 3. The fourth-order valence-electron chi connectivity index (χ4n) is 5.62. The molecule has 0 saturated carbocycles. The topological polar surface area (TPSA) is 110 Å². The molecule has 1 aliphatic carbocycles. The maximum Gasteiger partial charge on any atom is 0.241 e. The average Bonchev–Trinajstić information content (AvgIpc) is 3.45. The van der Waals surface area contributed by atoms with Gasteiger partial charge in [-0.2, -0.15) is 0 Å². The van der Waals surface area contributed by atoms with Crippen molar-refractivity contribution in [2.45, 2.75) is 18.6 Å². The van der Waals surface area contributed by atoms with Crippen LogP contribution in [-0.4, -0.2) is 34.9 Å². The number of Topliss-reactive ketones (excluding diaryl/α,β-unsaturated/α-hetero) is 2. The van der Waals surface area contributed by atoms with Crippen molar-refractivity contribution in [2.24, 2.45) is 11.8 Å². The van der Waals surface area contributed by atoms with Crippen LogP contribution in [0.15, 0.2) is 72.8 Å². The molecule has 0 aromatic heterocycles. The Kier molecular flexibility index (Phi) is 4.96. The van der Waals surface area contributed by atoms with E-state index < -0.39 is 52.7 Å². The van der Waals surface area contributed by atoms with Gasteiger partial charge in [0.25, 0.3) is 0 Å². The summed E-state index contributed by atoms with van der Waals surface area (Å²) in [5, 5.41) is 2.61. The molecular weight excluding hydrogens is 479 g/mol. The number of amides is 3. The number of nitrogens with one attached hydrogen (secondary N) is 1. The monoisotopic (exact) mass is 498 g/mol. The molecule has 1 N–H and O–H groups in total. The highest BCUT2D eigenvalue weighted by molar-refractivity contribution is 6.37. The van der Waals surface area contributed by atoms with E-state index in [9.17, 15) is 28.4 Å². The number of imide groups is 1. The van der Waals surface area contributed by atoms with Crippen molar-refractivity contribution in [1.29, 1.82) is 0 Å². The summed E-state index contributed by atoms with van der Waals surface area (Å²) in [5.41, 5.74) is -0.883. The van der Waals surface area contributed by atoms with Crippen LogP contribution >= 0.6 is 0 Å². The minimum atomic E-state index is -2.20. The van der Waals surface area contributed by atoms with Crippen molar-refractivity contribution in [1.82, 2.24) is 0 Å². The highest BCUT2D eigenvalue weighted by atomic mass is 19.1. The molecule has 1 spiro atoms. The first-order valence-electron chi connectivity index (χ1n) is 11.6. The molecule has 2 fully saturated rings. The van der Waals surface area contributed by atoms with Crippen LogP contribution in [0.5, 0.6) is 0 Å². The van der Waals surface area contributed by atoms with Gasteiger partial charge < -0.3 is 10.1 Å². The molecule has 37 heavy (non-hydrogen) atoms. The Bertz CT molecular complexity index is 1480. The molecule has 6 rings (SSSR count). The number of hydrogen-bond donors (Lipinski definition) is 1. The molecule has 0 bridgehead atoms. The summed E-state index contributed by atoms with van der Waals surface area (Å²) in [6, 6.07) is 17.5. The Morgan fingerprint density at radius 1 is 0.865 bits per heavy atom. The standard InChI is InChI=1S/C28H19FN2O6/c1-14(32)30-17-10-12-18(13-11-17)31-26(35)21-22(27(31)36)28(37-23(21)15-6-8-16(29)9-7-15)24(33)19-4-2-3-5-20(19)25(28)34/h2-13,21-23H,1H3,(H,30,32)/t21-,22+,23+/m0/s1. The summed E-state index contributed by atoms with van der Waals surface area (Å²) in [7, 11) is 0. The third-order valence-corrected chi connectivity index (χ3v) is 7.16. The van der Waals surface area contributed by atoms with Gasteiger partial charge >= 0.3 is 0 Å². The number of carbonyl (C=O) groups excluding carboxylic acids is 5. The molecule has 2 aliphatic heterocycles. The van der Waals surface area contributed by atoms with Crippen LogP contribution in [0.2, 0.25) is 0 Å².